The third-order valence-corrected chi connectivity index (χ3v) is 4.66. The molecule has 0 radical (unpaired) electrons. The molecule has 2 N–H and O–H groups in total. The second kappa shape index (κ2) is 5.56. The second-order valence-corrected chi connectivity index (χ2v) is 6.15. The van der Waals surface area contributed by atoms with Crippen molar-refractivity contribution in [1.29, 1.82) is 0 Å². The number of aromatic hydroxyl groups is 2. The van der Waals surface area contributed by atoms with E-state index < -0.39 is 0 Å². The molecule has 2 fully saturated rings. The summed E-state index contributed by atoms with van der Waals surface area (Å²) in [6.07, 6.45) is 3.59. The molecule has 2 unspecified atom stereocenters. The first kappa shape index (κ1) is 14.2. The van der Waals surface area contributed by atoms with E-state index in [2.05, 4.69) is 4.90 Å². The zero-order chi connectivity index (χ0) is 15.0. The summed E-state index contributed by atoms with van der Waals surface area (Å²) < 4.78 is 0. The molecule has 5 nitrogen and oxygen atoms in total. The van der Waals surface area contributed by atoms with Crippen molar-refractivity contribution in [2.24, 2.45) is 0 Å². The molecule has 0 aliphatic carbocycles. The van der Waals surface area contributed by atoms with Crippen molar-refractivity contribution in [3.8, 4) is 11.5 Å². The van der Waals surface area contributed by atoms with Crippen molar-refractivity contribution < 1.29 is 15.0 Å². The fraction of sp³-hybridized carbons (Fsp3) is 0.562. The standard InChI is InChI=1S/C16H22N2O3/c1-11-9-17-7-3-2-4-12(17)10-18(11)16(21)14-8-13(19)5-6-15(14)20/h5-6,8,11-12,19-20H,2-4,7,9-10H2,1H3. The Morgan fingerprint density at radius 3 is 2.86 bits per heavy atom. The SMILES string of the molecule is CC1CN2CCCCC2CN1C(=O)c1cc(O)ccc1O. The Labute approximate surface area is 124 Å². The number of carbonyl (C=O) groups is 1. The lowest BCUT2D eigenvalue weighted by atomic mass is 9.96. The van der Waals surface area contributed by atoms with Gasteiger partial charge in [-0.3, -0.25) is 9.69 Å². The molecule has 1 amide bonds. The molecule has 0 aromatic heterocycles. The lowest BCUT2D eigenvalue weighted by molar-refractivity contribution is 0.0150. The lowest BCUT2D eigenvalue weighted by Gasteiger charge is -2.47. The van der Waals surface area contributed by atoms with Crippen LogP contribution in [0.2, 0.25) is 0 Å². The monoisotopic (exact) mass is 290 g/mol. The average molecular weight is 290 g/mol. The van der Waals surface area contributed by atoms with E-state index in [-0.39, 0.29) is 29.0 Å². The van der Waals surface area contributed by atoms with Crippen LogP contribution in [-0.4, -0.2) is 57.6 Å². The Morgan fingerprint density at radius 1 is 1.24 bits per heavy atom. The quantitative estimate of drug-likeness (QED) is 0.774. The van der Waals surface area contributed by atoms with Crippen molar-refractivity contribution in [2.75, 3.05) is 19.6 Å². The Bertz CT molecular complexity index is 546. The number of fused-ring (bicyclic) bond motifs is 1. The number of phenolic OH excluding ortho intramolecular Hbond substituents is 2. The highest BCUT2D eigenvalue weighted by molar-refractivity contribution is 5.97. The van der Waals surface area contributed by atoms with Gasteiger partial charge in [0.15, 0.2) is 0 Å². The highest BCUT2D eigenvalue weighted by atomic mass is 16.3. The lowest BCUT2D eigenvalue weighted by Crippen LogP contribution is -2.60. The molecule has 5 heteroatoms. The van der Waals surface area contributed by atoms with Crippen molar-refractivity contribution in [3.05, 3.63) is 23.8 Å². The molecule has 2 aliphatic heterocycles. The van der Waals surface area contributed by atoms with Crippen molar-refractivity contribution in [2.45, 2.75) is 38.3 Å². The van der Waals surface area contributed by atoms with E-state index in [0.29, 0.717) is 12.6 Å². The van der Waals surface area contributed by atoms with E-state index in [4.69, 9.17) is 0 Å². The fourth-order valence-electron chi connectivity index (χ4n) is 3.49. The van der Waals surface area contributed by atoms with Gasteiger partial charge < -0.3 is 15.1 Å². The van der Waals surface area contributed by atoms with E-state index in [1.54, 1.807) is 0 Å². The zero-order valence-electron chi connectivity index (χ0n) is 12.3. The highest BCUT2D eigenvalue weighted by Crippen LogP contribution is 2.28. The third-order valence-electron chi connectivity index (χ3n) is 4.66. The zero-order valence-corrected chi connectivity index (χ0v) is 12.3. The molecule has 0 bridgehead atoms. The van der Waals surface area contributed by atoms with Gasteiger partial charge in [0.1, 0.15) is 11.5 Å². The number of rotatable bonds is 1. The number of hydrogen-bond donors (Lipinski definition) is 2. The predicted molar refractivity (Wildman–Crippen MR) is 79.5 cm³/mol. The molecule has 0 spiro atoms. The molecular weight excluding hydrogens is 268 g/mol. The van der Waals surface area contributed by atoms with E-state index in [9.17, 15) is 15.0 Å². The van der Waals surface area contributed by atoms with Crippen LogP contribution >= 0.6 is 0 Å². The maximum absolute atomic E-state index is 12.7. The normalized spacial score (nSPS) is 26.4. The maximum atomic E-state index is 12.7. The number of piperidine rings is 1. The maximum Gasteiger partial charge on any atom is 0.258 e. The molecule has 2 heterocycles. The molecule has 2 aliphatic rings. The van der Waals surface area contributed by atoms with Gasteiger partial charge in [-0.25, -0.2) is 0 Å². The Kier molecular flexibility index (Phi) is 3.76. The summed E-state index contributed by atoms with van der Waals surface area (Å²) in [4.78, 5) is 17.0. The predicted octanol–water partition coefficient (Wildman–Crippen LogP) is 1.80. The van der Waals surface area contributed by atoms with E-state index >= 15 is 0 Å². The van der Waals surface area contributed by atoms with Crippen LogP contribution in [0.4, 0.5) is 0 Å². The van der Waals surface area contributed by atoms with Crippen molar-refractivity contribution in [1.82, 2.24) is 9.80 Å². The summed E-state index contributed by atoms with van der Waals surface area (Å²) in [7, 11) is 0. The second-order valence-electron chi connectivity index (χ2n) is 6.15. The third kappa shape index (κ3) is 2.70. The van der Waals surface area contributed by atoms with E-state index in [0.717, 1.165) is 19.5 Å². The van der Waals surface area contributed by atoms with Gasteiger partial charge in [0.2, 0.25) is 0 Å². The van der Waals surface area contributed by atoms with Crippen LogP contribution < -0.4 is 0 Å². The molecule has 1 aromatic rings. The first-order chi connectivity index (χ1) is 10.1. The molecule has 0 saturated carbocycles. The smallest absolute Gasteiger partial charge is 0.258 e. The Hall–Kier alpha value is -1.75. The van der Waals surface area contributed by atoms with Gasteiger partial charge in [-0.1, -0.05) is 6.42 Å². The molecule has 1 aromatic carbocycles. The average Bonchev–Trinajstić information content (AvgIpc) is 2.48. The Morgan fingerprint density at radius 2 is 2.05 bits per heavy atom. The van der Waals surface area contributed by atoms with Crippen LogP contribution in [0.25, 0.3) is 0 Å². The summed E-state index contributed by atoms with van der Waals surface area (Å²) in [6, 6.07) is 4.64. The molecule has 2 saturated heterocycles. The molecule has 3 rings (SSSR count). The number of carbonyl (C=O) groups excluding carboxylic acids is 1. The van der Waals surface area contributed by atoms with Gasteiger partial charge in [-0.2, -0.15) is 0 Å². The van der Waals surface area contributed by atoms with Crippen LogP contribution in [-0.2, 0) is 0 Å². The van der Waals surface area contributed by atoms with Gasteiger partial charge in [-0.05, 0) is 44.5 Å². The van der Waals surface area contributed by atoms with Gasteiger partial charge in [0.25, 0.3) is 5.91 Å². The van der Waals surface area contributed by atoms with Crippen molar-refractivity contribution >= 4 is 5.91 Å². The summed E-state index contributed by atoms with van der Waals surface area (Å²) in [5.74, 6) is -0.266. The van der Waals surface area contributed by atoms with Crippen LogP contribution in [0.1, 0.15) is 36.5 Å². The number of nitrogens with zero attached hydrogens (tertiary/aromatic N) is 2. The molecule has 114 valence electrons. The van der Waals surface area contributed by atoms with Crippen LogP contribution in [0.5, 0.6) is 11.5 Å². The van der Waals surface area contributed by atoms with Crippen LogP contribution in [0.3, 0.4) is 0 Å². The van der Waals surface area contributed by atoms with Gasteiger partial charge >= 0.3 is 0 Å². The summed E-state index contributed by atoms with van der Waals surface area (Å²) >= 11 is 0. The molecule has 2 atom stereocenters. The summed E-state index contributed by atoms with van der Waals surface area (Å²) in [6.45, 7) is 4.75. The Balaban J connectivity index is 1.82. The topological polar surface area (TPSA) is 64.0 Å². The number of hydrogen-bond acceptors (Lipinski definition) is 4. The fourth-order valence-corrected chi connectivity index (χ4v) is 3.49. The summed E-state index contributed by atoms with van der Waals surface area (Å²) in [5.41, 5.74) is 0.186. The number of amides is 1. The first-order valence-electron chi connectivity index (χ1n) is 7.63. The van der Waals surface area contributed by atoms with Crippen LogP contribution in [0.15, 0.2) is 18.2 Å². The van der Waals surface area contributed by atoms with Gasteiger partial charge in [0.05, 0.1) is 5.56 Å². The van der Waals surface area contributed by atoms with Gasteiger partial charge in [0, 0.05) is 25.2 Å². The molecule has 21 heavy (non-hydrogen) atoms. The number of benzene rings is 1. The van der Waals surface area contributed by atoms with Crippen molar-refractivity contribution in [3.63, 3.8) is 0 Å². The minimum Gasteiger partial charge on any atom is -0.508 e. The van der Waals surface area contributed by atoms with Gasteiger partial charge in [-0.15, -0.1) is 0 Å². The van der Waals surface area contributed by atoms with E-state index in [1.807, 2.05) is 11.8 Å². The minimum absolute atomic E-state index is 0.0000976. The van der Waals surface area contributed by atoms with Crippen LogP contribution in [0, 0.1) is 0 Å². The summed E-state index contributed by atoms with van der Waals surface area (Å²) in [5, 5.41) is 19.4. The minimum atomic E-state index is -0.193. The highest BCUT2D eigenvalue weighted by Gasteiger charge is 2.36. The number of piperazine rings is 1. The van der Waals surface area contributed by atoms with E-state index in [1.165, 1.54) is 31.0 Å². The molecular formula is C16H22N2O3. The number of phenols is 2. The first-order valence-corrected chi connectivity index (χ1v) is 7.63. The largest absolute Gasteiger partial charge is 0.508 e.